The molecule has 1 atom stereocenters. The lowest BCUT2D eigenvalue weighted by atomic mass is 10.0. The Balaban J connectivity index is 0.00000306. The Labute approximate surface area is 191 Å². The average Bonchev–Trinajstić information content (AvgIpc) is 3.08. The average molecular weight is 457 g/mol. The molecule has 4 amide bonds. The highest BCUT2D eigenvalue weighted by Gasteiger charge is 2.39. The van der Waals surface area contributed by atoms with Gasteiger partial charge in [0.25, 0.3) is 5.91 Å². The van der Waals surface area contributed by atoms with Crippen LogP contribution in [0.1, 0.15) is 41.3 Å². The topological polar surface area (TPSA) is 108 Å². The summed E-state index contributed by atoms with van der Waals surface area (Å²) in [5.41, 5.74) is 3.93. The molecule has 0 aliphatic carbocycles. The number of amides is 4. The first-order chi connectivity index (χ1) is 15.3. The van der Waals surface area contributed by atoms with Crippen molar-refractivity contribution in [2.75, 3.05) is 11.9 Å². The lowest BCUT2D eigenvalue weighted by Crippen LogP contribution is -2.52. The summed E-state index contributed by atoms with van der Waals surface area (Å²) in [6.45, 7) is 2.63. The van der Waals surface area contributed by atoms with E-state index >= 15 is 0 Å². The number of nitrogens with zero attached hydrogens (tertiary/aromatic N) is 1. The maximum absolute atomic E-state index is 12.7. The van der Waals surface area contributed by atoms with Crippen LogP contribution in [0.2, 0.25) is 5.02 Å². The Morgan fingerprint density at radius 3 is 2.78 bits per heavy atom. The summed E-state index contributed by atoms with van der Waals surface area (Å²) in [4.78, 5) is 50.0. The molecule has 2 aliphatic heterocycles. The van der Waals surface area contributed by atoms with Gasteiger partial charge in [-0.15, -0.1) is 0 Å². The second-order valence-electron chi connectivity index (χ2n) is 7.99. The zero-order valence-electron chi connectivity index (χ0n) is 17.5. The molecule has 9 heteroatoms. The molecule has 8 nitrogen and oxygen atoms in total. The fourth-order valence-electron chi connectivity index (χ4n) is 3.89. The van der Waals surface area contributed by atoms with Crippen molar-refractivity contribution in [2.45, 2.75) is 38.9 Å². The van der Waals surface area contributed by atoms with Crippen molar-refractivity contribution in [3.05, 3.63) is 63.7 Å². The molecule has 0 bridgehead atoms. The zero-order chi connectivity index (χ0) is 22.8. The van der Waals surface area contributed by atoms with Gasteiger partial charge in [-0.3, -0.25) is 24.5 Å². The highest BCUT2D eigenvalue weighted by atomic mass is 35.5. The minimum absolute atomic E-state index is 0. The van der Waals surface area contributed by atoms with E-state index in [-0.39, 0.29) is 32.1 Å². The van der Waals surface area contributed by atoms with E-state index in [4.69, 9.17) is 11.6 Å². The third kappa shape index (κ3) is 4.60. The highest BCUT2D eigenvalue weighted by Crippen LogP contribution is 2.28. The van der Waals surface area contributed by atoms with Gasteiger partial charge in [-0.1, -0.05) is 29.8 Å². The Morgan fingerprint density at radius 1 is 1.22 bits per heavy atom. The first kappa shape index (κ1) is 21.8. The summed E-state index contributed by atoms with van der Waals surface area (Å²) >= 11 is 6.10. The number of fused-ring (bicyclic) bond motifs is 1. The minimum atomic E-state index is -0.642. The molecule has 0 aromatic heterocycles. The number of anilines is 1. The zero-order valence-corrected chi connectivity index (χ0v) is 18.3. The van der Waals surface area contributed by atoms with Crippen molar-refractivity contribution in [2.24, 2.45) is 0 Å². The predicted molar refractivity (Wildman–Crippen MR) is 121 cm³/mol. The number of carbonyl (C=O) groups is 4. The van der Waals surface area contributed by atoms with E-state index in [0.29, 0.717) is 30.1 Å². The van der Waals surface area contributed by atoms with Crippen LogP contribution in [0.4, 0.5) is 5.69 Å². The third-order valence-electron chi connectivity index (χ3n) is 5.70. The molecule has 2 heterocycles. The van der Waals surface area contributed by atoms with Gasteiger partial charge < -0.3 is 15.5 Å². The second kappa shape index (κ2) is 9.00. The van der Waals surface area contributed by atoms with Gasteiger partial charge >= 0.3 is 0 Å². The smallest absolute Gasteiger partial charge is 0.255 e. The van der Waals surface area contributed by atoms with Crippen molar-refractivity contribution in [3.63, 3.8) is 0 Å². The van der Waals surface area contributed by atoms with Crippen molar-refractivity contribution >= 4 is 40.9 Å². The largest absolute Gasteiger partial charge is 0.376 e. The lowest BCUT2D eigenvalue weighted by Gasteiger charge is -2.29. The predicted octanol–water partition coefficient (Wildman–Crippen LogP) is 2.38. The standard InChI is InChI=1S/C23H23ClN4O4.H2/c1-13-2-4-16(9-18(13)24)25-11-21(30)26-10-14-3-5-17-15(8-14)12-28(23(17)32)19-6-7-20(29)27-22(19)31;/h2-5,8-9,19,25H,6-7,10-12H2,1H3,(H,26,30)(H,27,29,31);1H. The molecule has 0 radical (unpaired) electrons. The molecule has 2 aromatic carbocycles. The van der Waals surface area contributed by atoms with E-state index in [2.05, 4.69) is 16.0 Å². The molecule has 1 unspecified atom stereocenters. The molecule has 2 aliphatic rings. The first-order valence-corrected chi connectivity index (χ1v) is 10.7. The van der Waals surface area contributed by atoms with Crippen molar-refractivity contribution in [1.29, 1.82) is 0 Å². The van der Waals surface area contributed by atoms with Crippen molar-refractivity contribution in [3.8, 4) is 0 Å². The molecule has 32 heavy (non-hydrogen) atoms. The second-order valence-corrected chi connectivity index (χ2v) is 8.39. The summed E-state index contributed by atoms with van der Waals surface area (Å²) in [7, 11) is 0. The molecule has 0 spiro atoms. The number of carbonyl (C=O) groups excluding carboxylic acids is 4. The number of nitrogens with one attached hydrogen (secondary N) is 3. The maximum Gasteiger partial charge on any atom is 0.255 e. The Bertz CT molecular complexity index is 1120. The molecule has 1 saturated heterocycles. The Hall–Kier alpha value is -3.39. The normalized spacial score (nSPS) is 17.8. The van der Waals surface area contributed by atoms with E-state index < -0.39 is 11.9 Å². The SMILES string of the molecule is Cc1ccc(NCC(=O)NCc2ccc3c(c2)CN(C2CCC(=O)NC2=O)C3=O)cc1Cl.[HH]. The summed E-state index contributed by atoms with van der Waals surface area (Å²) in [6.07, 6.45) is 0.545. The number of piperidine rings is 1. The van der Waals surface area contributed by atoms with Gasteiger partial charge in [0.2, 0.25) is 17.7 Å². The van der Waals surface area contributed by atoms with Gasteiger partial charge in [0.05, 0.1) is 6.54 Å². The third-order valence-corrected chi connectivity index (χ3v) is 6.11. The van der Waals surface area contributed by atoms with E-state index in [1.54, 1.807) is 18.2 Å². The Morgan fingerprint density at radius 2 is 2.03 bits per heavy atom. The van der Waals surface area contributed by atoms with Crippen LogP contribution in [-0.4, -0.2) is 41.1 Å². The van der Waals surface area contributed by atoms with Crippen LogP contribution in [-0.2, 0) is 27.5 Å². The quantitative estimate of drug-likeness (QED) is 0.578. The highest BCUT2D eigenvalue weighted by molar-refractivity contribution is 6.31. The number of rotatable bonds is 6. The van der Waals surface area contributed by atoms with Crippen LogP contribution in [0.25, 0.3) is 0 Å². The summed E-state index contributed by atoms with van der Waals surface area (Å²) in [6, 6.07) is 10.3. The monoisotopic (exact) mass is 456 g/mol. The minimum Gasteiger partial charge on any atom is -0.376 e. The molecular formula is C23H25ClN4O4. The van der Waals surface area contributed by atoms with E-state index in [0.717, 1.165) is 22.4 Å². The molecule has 4 rings (SSSR count). The number of hydrogen-bond acceptors (Lipinski definition) is 5. The van der Waals surface area contributed by atoms with Gasteiger partial charge in [-0.25, -0.2) is 0 Å². The fourth-order valence-corrected chi connectivity index (χ4v) is 4.07. The summed E-state index contributed by atoms with van der Waals surface area (Å²) in [5.74, 6) is -1.14. The van der Waals surface area contributed by atoms with Crippen molar-refractivity contribution in [1.82, 2.24) is 15.5 Å². The summed E-state index contributed by atoms with van der Waals surface area (Å²) in [5, 5.41) is 8.81. The first-order valence-electron chi connectivity index (χ1n) is 10.3. The van der Waals surface area contributed by atoms with Gasteiger partial charge in [0, 0.05) is 37.2 Å². The van der Waals surface area contributed by atoms with E-state index in [1.165, 1.54) is 4.90 Å². The van der Waals surface area contributed by atoms with Crippen LogP contribution in [0.5, 0.6) is 0 Å². The van der Waals surface area contributed by atoms with E-state index in [9.17, 15) is 19.2 Å². The van der Waals surface area contributed by atoms with Crippen LogP contribution >= 0.6 is 11.6 Å². The van der Waals surface area contributed by atoms with Gasteiger partial charge in [0.1, 0.15) is 6.04 Å². The maximum atomic E-state index is 12.7. The van der Waals surface area contributed by atoms with Crippen LogP contribution in [0, 0.1) is 6.92 Å². The summed E-state index contributed by atoms with van der Waals surface area (Å²) < 4.78 is 0. The number of benzene rings is 2. The number of imide groups is 1. The lowest BCUT2D eigenvalue weighted by molar-refractivity contribution is -0.137. The molecule has 168 valence electrons. The molecule has 2 aromatic rings. The molecular weight excluding hydrogens is 432 g/mol. The van der Waals surface area contributed by atoms with Crippen molar-refractivity contribution < 1.29 is 20.6 Å². The van der Waals surface area contributed by atoms with Crippen LogP contribution in [0.15, 0.2) is 36.4 Å². The van der Waals surface area contributed by atoms with Crippen LogP contribution in [0.3, 0.4) is 0 Å². The number of aryl methyl sites for hydroxylation is 1. The number of hydrogen-bond donors (Lipinski definition) is 3. The van der Waals surface area contributed by atoms with Gasteiger partial charge in [-0.2, -0.15) is 0 Å². The fraction of sp³-hybridized carbons (Fsp3) is 0.304. The van der Waals surface area contributed by atoms with Crippen LogP contribution < -0.4 is 16.0 Å². The van der Waals surface area contributed by atoms with E-state index in [1.807, 2.05) is 25.1 Å². The number of halogens is 1. The molecule has 1 fully saturated rings. The Kier molecular flexibility index (Phi) is 6.14. The van der Waals surface area contributed by atoms with Gasteiger partial charge in [-0.05, 0) is 48.2 Å². The molecule has 0 saturated carbocycles. The van der Waals surface area contributed by atoms with Gasteiger partial charge in [0.15, 0.2) is 0 Å². The molecule has 3 N–H and O–H groups in total.